The summed E-state index contributed by atoms with van der Waals surface area (Å²) in [6.07, 6.45) is -0.387. The van der Waals surface area contributed by atoms with Crippen LogP contribution in [0, 0.1) is 0 Å². The highest BCUT2D eigenvalue weighted by Gasteiger charge is 2.29. The SMILES string of the molecule is CCOC(COc1ccc(CN2C(=O)CSC2=O)cc1)OCC. The van der Waals surface area contributed by atoms with Gasteiger partial charge in [-0.15, -0.1) is 0 Å². The first-order valence-electron chi connectivity index (χ1n) is 7.56. The van der Waals surface area contributed by atoms with Crippen LogP contribution in [0.5, 0.6) is 5.75 Å². The number of amides is 2. The van der Waals surface area contributed by atoms with Crippen molar-refractivity contribution in [3.63, 3.8) is 0 Å². The first-order valence-corrected chi connectivity index (χ1v) is 8.54. The van der Waals surface area contributed by atoms with Gasteiger partial charge < -0.3 is 14.2 Å². The summed E-state index contributed by atoms with van der Waals surface area (Å²) < 4.78 is 16.5. The van der Waals surface area contributed by atoms with Gasteiger partial charge in [-0.2, -0.15) is 0 Å². The van der Waals surface area contributed by atoms with E-state index in [0.717, 1.165) is 17.3 Å². The fourth-order valence-electron chi connectivity index (χ4n) is 2.09. The van der Waals surface area contributed by atoms with E-state index in [4.69, 9.17) is 14.2 Å². The first kappa shape index (κ1) is 17.8. The minimum absolute atomic E-state index is 0.142. The molecule has 0 aromatic heterocycles. The predicted molar refractivity (Wildman–Crippen MR) is 87.4 cm³/mol. The smallest absolute Gasteiger partial charge is 0.289 e. The minimum atomic E-state index is -0.387. The van der Waals surface area contributed by atoms with Crippen molar-refractivity contribution in [3.8, 4) is 5.75 Å². The van der Waals surface area contributed by atoms with Gasteiger partial charge in [-0.1, -0.05) is 23.9 Å². The Labute approximate surface area is 140 Å². The molecule has 1 aromatic carbocycles. The average Bonchev–Trinajstić information content (AvgIpc) is 2.86. The molecule has 23 heavy (non-hydrogen) atoms. The van der Waals surface area contributed by atoms with E-state index in [0.29, 0.717) is 32.1 Å². The number of carbonyl (C=O) groups excluding carboxylic acids is 2. The summed E-state index contributed by atoms with van der Waals surface area (Å²) in [4.78, 5) is 24.4. The molecule has 126 valence electrons. The molecule has 0 unspecified atom stereocenters. The van der Waals surface area contributed by atoms with Gasteiger partial charge >= 0.3 is 0 Å². The fourth-order valence-corrected chi connectivity index (χ4v) is 2.81. The molecule has 0 saturated carbocycles. The van der Waals surface area contributed by atoms with Crippen LogP contribution >= 0.6 is 11.8 Å². The van der Waals surface area contributed by atoms with E-state index < -0.39 is 0 Å². The molecule has 1 aliphatic heterocycles. The van der Waals surface area contributed by atoms with E-state index in [1.807, 2.05) is 38.1 Å². The van der Waals surface area contributed by atoms with Gasteiger partial charge in [-0.3, -0.25) is 14.5 Å². The number of benzene rings is 1. The van der Waals surface area contributed by atoms with Crippen molar-refractivity contribution in [2.45, 2.75) is 26.7 Å². The van der Waals surface area contributed by atoms with E-state index >= 15 is 0 Å². The van der Waals surface area contributed by atoms with Crippen molar-refractivity contribution in [1.82, 2.24) is 4.90 Å². The topological polar surface area (TPSA) is 65.1 Å². The molecule has 7 heteroatoms. The lowest BCUT2D eigenvalue weighted by Gasteiger charge is -2.18. The van der Waals surface area contributed by atoms with Gasteiger partial charge in [-0.05, 0) is 31.5 Å². The Morgan fingerprint density at radius 1 is 1.13 bits per heavy atom. The predicted octanol–water partition coefficient (Wildman–Crippen LogP) is 2.66. The van der Waals surface area contributed by atoms with Crippen molar-refractivity contribution in [1.29, 1.82) is 0 Å². The maximum atomic E-state index is 11.6. The van der Waals surface area contributed by atoms with Gasteiger partial charge in [0.05, 0.1) is 12.3 Å². The van der Waals surface area contributed by atoms with Crippen molar-refractivity contribution in [2.75, 3.05) is 25.6 Å². The van der Waals surface area contributed by atoms with Crippen molar-refractivity contribution >= 4 is 22.9 Å². The van der Waals surface area contributed by atoms with Crippen molar-refractivity contribution < 1.29 is 23.8 Å². The van der Waals surface area contributed by atoms with Crippen LogP contribution in [-0.2, 0) is 20.8 Å². The summed E-state index contributed by atoms with van der Waals surface area (Å²) in [6.45, 7) is 5.53. The van der Waals surface area contributed by atoms with Crippen LogP contribution in [-0.4, -0.2) is 47.9 Å². The summed E-state index contributed by atoms with van der Waals surface area (Å²) in [7, 11) is 0. The molecule has 0 aliphatic carbocycles. The summed E-state index contributed by atoms with van der Waals surface area (Å²) in [5, 5.41) is -0.188. The number of rotatable bonds is 9. The third-order valence-corrected chi connectivity index (χ3v) is 4.05. The van der Waals surface area contributed by atoms with Crippen molar-refractivity contribution in [2.24, 2.45) is 0 Å². The molecule has 0 spiro atoms. The third-order valence-electron chi connectivity index (χ3n) is 3.20. The number of ether oxygens (including phenoxy) is 3. The zero-order chi connectivity index (χ0) is 16.7. The van der Waals surface area contributed by atoms with Gasteiger partial charge in [0.2, 0.25) is 5.91 Å². The van der Waals surface area contributed by atoms with Crippen LogP contribution < -0.4 is 4.74 Å². The molecule has 2 rings (SSSR count). The Balaban J connectivity index is 1.86. The van der Waals surface area contributed by atoms with Crippen molar-refractivity contribution in [3.05, 3.63) is 29.8 Å². The average molecular weight is 339 g/mol. The number of thioether (sulfide) groups is 1. The van der Waals surface area contributed by atoms with Crippen LogP contribution in [0.1, 0.15) is 19.4 Å². The van der Waals surface area contributed by atoms with Crippen LogP contribution in [0.15, 0.2) is 24.3 Å². The maximum absolute atomic E-state index is 11.6. The molecule has 0 radical (unpaired) electrons. The molecular formula is C16H21NO5S. The largest absolute Gasteiger partial charge is 0.488 e. The highest BCUT2D eigenvalue weighted by molar-refractivity contribution is 8.14. The molecule has 0 bridgehead atoms. The molecule has 1 heterocycles. The lowest BCUT2D eigenvalue weighted by Crippen LogP contribution is -2.27. The lowest BCUT2D eigenvalue weighted by molar-refractivity contribution is -0.152. The highest BCUT2D eigenvalue weighted by Crippen LogP contribution is 2.22. The molecular weight excluding hydrogens is 318 g/mol. The normalized spacial score (nSPS) is 14.8. The van der Waals surface area contributed by atoms with Gasteiger partial charge in [0.1, 0.15) is 12.4 Å². The summed E-state index contributed by atoms with van der Waals surface area (Å²) >= 11 is 1.04. The second-order valence-electron chi connectivity index (χ2n) is 4.83. The van der Waals surface area contributed by atoms with Gasteiger partial charge in [0.15, 0.2) is 6.29 Å². The quantitative estimate of drug-likeness (QED) is 0.645. The van der Waals surface area contributed by atoms with Gasteiger partial charge in [0, 0.05) is 13.2 Å². The van der Waals surface area contributed by atoms with Crippen LogP contribution in [0.25, 0.3) is 0 Å². The molecule has 1 saturated heterocycles. The third kappa shape index (κ3) is 5.23. The molecule has 0 N–H and O–H groups in total. The Morgan fingerprint density at radius 3 is 2.30 bits per heavy atom. The van der Waals surface area contributed by atoms with E-state index in [1.54, 1.807) is 0 Å². The summed E-state index contributed by atoms with van der Waals surface area (Å²) in [5.74, 6) is 0.777. The van der Waals surface area contributed by atoms with E-state index in [-0.39, 0.29) is 23.2 Å². The second-order valence-corrected chi connectivity index (χ2v) is 5.76. The molecule has 1 aliphatic rings. The maximum Gasteiger partial charge on any atom is 0.289 e. The number of hydrogen-bond donors (Lipinski definition) is 0. The molecule has 1 aromatic rings. The Hall–Kier alpha value is -1.57. The standard InChI is InChI=1S/C16H21NO5S/c1-3-20-15(21-4-2)10-22-13-7-5-12(6-8-13)9-17-14(18)11-23-16(17)19/h5-8,15H,3-4,9-11H2,1-2H3. The summed E-state index contributed by atoms with van der Waals surface area (Å²) in [6, 6.07) is 7.30. The van der Waals surface area contributed by atoms with E-state index in [1.165, 1.54) is 4.90 Å². The second kappa shape index (κ2) is 8.90. The molecule has 6 nitrogen and oxygen atoms in total. The number of nitrogens with zero attached hydrogens (tertiary/aromatic N) is 1. The zero-order valence-electron chi connectivity index (χ0n) is 13.3. The van der Waals surface area contributed by atoms with Crippen LogP contribution in [0.4, 0.5) is 4.79 Å². The number of hydrogen-bond acceptors (Lipinski definition) is 6. The first-order chi connectivity index (χ1) is 11.1. The summed E-state index contributed by atoms with van der Waals surface area (Å²) in [5.41, 5.74) is 0.882. The molecule has 0 atom stereocenters. The molecule has 2 amide bonds. The Kier molecular flexibility index (Phi) is 6.88. The fraction of sp³-hybridized carbons (Fsp3) is 0.500. The molecule has 1 fully saturated rings. The number of carbonyl (C=O) groups is 2. The van der Waals surface area contributed by atoms with Crippen LogP contribution in [0.2, 0.25) is 0 Å². The Morgan fingerprint density at radius 2 is 1.78 bits per heavy atom. The monoisotopic (exact) mass is 339 g/mol. The highest BCUT2D eigenvalue weighted by atomic mass is 32.2. The minimum Gasteiger partial charge on any atom is -0.488 e. The number of imide groups is 1. The van der Waals surface area contributed by atoms with E-state index in [2.05, 4.69) is 0 Å². The van der Waals surface area contributed by atoms with Gasteiger partial charge in [-0.25, -0.2) is 0 Å². The van der Waals surface area contributed by atoms with Crippen LogP contribution in [0.3, 0.4) is 0 Å². The van der Waals surface area contributed by atoms with Gasteiger partial charge in [0.25, 0.3) is 5.24 Å². The van der Waals surface area contributed by atoms with E-state index in [9.17, 15) is 9.59 Å². The lowest BCUT2D eigenvalue weighted by atomic mass is 10.2. The zero-order valence-corrected chi connectivity index (χ0v) is 14.1. The Bertz CT molecular complexity index is 512.